The molecule has 0 bridgehead atoms. The van der Waals surface area contributed by atoms with Gasteiger partial charge in [0, 0.05) is 11.0 Å². The Hall–Kier alpha value is -1.52. The summed E-state index contributed by atoms with van der Waals surface area (Å²) in [4.78, 5) is 0. The smallest absolute Gasteiger partial charge is 0.162 e. The molecule has 1 N–H and O–H groups in total. The molecule has 4 heteroatoms. The molecule has 0 radical (unpaired) electrons. The normalized spacial score (nSPS) is 10.8. The molecule has 2 rings (SSSR count). The van der Waals surface area contributed by atoms with Crippen molar-refractivity contribution >= 4 is 15.9 Å². The molecule has 0 aliphatic carbocycles. The zero-order valence-electron chi connectivity index (χ0n) is 16.1. The van der Waals surface area contributed by atoms with Crippen molar-refractivity contribution in [2.75, 3.05) is 13.7 Å². The molecule has 0 saturated carbocycles. The second kappa shape index (κ2) is 11.2. The highest BCUT2D eigenvalue weighted by Gasteiger charge is 2.10. The number of benzene rings is 2. The Labute approximate surface area is 166 Å². The highest BCUT2D eigenvalue weighted by molar-refractivity contribution is 9.10. The Morgan fingerprint density at radius 2 is 1.77 bits per heavy atom. The van der Waals surface area contributed by atoms with Gasteiger partial charge in [0.1, 0.15) is 6.61 Å². The summed E-state index contributed by atoms with van der Waals surface area (Å²) >= 11 is 3.66. The van der Waals surface area contributed by atoms with Crippen molar-refractivity contribution in [3.8, 4) is 11.5 Å². The molecule has 0 amide bonds. The fourth-order valence-electron chi connectivity index (χ4n) is 2.73. The minimum absolute atomic E-state index is 0.526. The van der Waals surface area contributed by atoms with Gasteiger partial charge in [0.2, 0.25) is 0 Å². The Bertz CT molecular complexity index is 671. The Morgan fingerprint density at radius 1 is 1.00 bits per heavy atom. The number of ether oxygens (including phenoxy) is 2. The van der Waals surface area contributed by atoms with E-state index in [0.29, 0.717) is 6.61 Å². The van der Waals surface area contributed by atoms with E-state index >= 15 is 0 Å². The van der Waals surface area contributed by atoms with Gasteiger partial charge < -0.3 is 14.8 Å². The van der Waals surface area contributed by atoms with Crippen LogP contribution >= 0.6 is 15.9 Å². The molecule has 2 aromatic carbocycles. The average Bonchev–Trinajstić information content (AvgIpc) is 2.65. The number of halogens is 1. The molecule has 0 fully saturated rings. The van der Waals surface area contributed by atoms with Crippen molar-refractivity contribution in [2.24, 2.45) is 0 Å². The first-order chi connectivity index (χ1) is 12.6. The van der Waals surface area contributed by atoms with Crippen LogP contribution in [0.3, 0.4) is 0 Å². The van der Waals surface area contributed by atoms with Crippen molar-refractivity contribution in [3.05, 3.63) is 57.6 Å². The summed E-state index contributed by atoms with van der Waals surface area (Å²) < 4.78 is 12.6. The van der Waals surface area contributed by atoms with Crippen LogP contribution in [0.2, 0.25) is 0 Å². The summed E-state index contributed by atoms with van der Waals surface area (Å²) in [5.41, 5.74) is 3.58. The van der Waals surface area contributed by atoms with Gasteiger partial charge in [-0.05, 0) is 43.1 Å². The van der Waals surface area contributed by atoms with Gasteiger partial charge in [-0.25, -0.2) is 0 Å². The molecule has 0 aromatic heterocycles. The maximum atomic E-state index is 5.98. The van der Waals surface area contributed by atoms with Crippen LogP contribution in [-0.2, 0) is 13.2 Å². The first kappa shape index (κ1) is 20.8. The maximum absolute atomic E-state index is 5.98. The van der Waals surface area contributed by atoms with Gasteiger partial charge in [-0.15, -0.1) is 0 Å². The van der Waals surface area contributed by atoms with E-state index in [0.717, 1.165) is 34.6 Å². The Balaban J connectivity index is 1.93. The van der Waals surface area contributed by atoms with Crippen LogP contribution in [-0.4, -0.2) is 13.7 Å². The van der Waals surface area contributed by atoms with Crippen LogP contribution in [0.5, 0.6) is 11.5 Å². The van der Waals surface area contributed by atoms with E-state index in [4.69, 9.17) is 9.47 Å². The van der Waals surface area contributed by atoms with Gasteiger partial charge >= 0.3 is 0 Å². The van der Waals surface area contributed by atoms with E-state index in [1.165, 1.54) is 36.8 Å². The third-order valence-corrected chi connectivity index (χ3v) is 5.11. The predicted molar refractivity (Wildman–Crippen MR) is 112 cm³/mol. The van der Waals surface area contributed by atoms with Gasteiger partial charge in [-0.1, -0.05) is 71.9 Å². The van der Waals surface area contributed by atoms with Gasteiger partial charge in [0.05, 0.1) is 7.11 Å². The number of aryl methyl sites for hydroxylation is 1. The monoisotopic (exact) mass is 419 g/mol. The first-order valence-corrected chi connectivity index (χ1v) is 10.2. The summed E-state index contributed by atoms with van der Waals surface area (Å²) in [7, 11) is 1.68. The second-order valence-electron chi connectivity index (χ2n) is 6.61. The minimum atomic E-state index is 0.526. The molecule has 0 saturated heterocycles. The maximum Gasteiger partial charge on any atom is 0.162 e. The average molecular weight is 420 g/mol. The quantitative estimate of drug-likeness (QED) is 0.451. The molecule has 0 aliphatic heterocycles. The standard InChI is InChI=1S/C22H30BrNO2/c1-4-5-6-7-12-24-15-19-13-21(25-3)22(14-20(19)23)26-16-18-10-8-17(2)9-11-18/h8-11,13-14,24H,4-7,12,15-16H2,1-3H3. The molecule has 0 heterocycles. The van der Waals surface area contributed by atoms with Gasteiger partial charge in [0.25, 0.3) is 0 Å². The van der Waals surface area contributed by atoms with Crippen molar-refractivity contribution in [1.29, 1.82) is 0 Å². The van der Waals surface area contributed by atoms with E-state index in [1.807, 2.05) is 12.1 Å². The third-order valence-electron chi connectivity index (χ3n) is 4.37. The topological polar surface area (TPSA) is 30.5 Å². The summed E-state index contributed by atoms with van der Waals surface area (Å²) in [6.07, 6.45) is 5.10. The summed E-state index contributed by atoms with van der Waals surface area (Å²) in [5, 5.41) is 3.51. The molecular formula is C22H30BrNO2. The number of hydrogen-bond donors (Lipinski definition) is 1. The van der Waals surface area contributed by atoms with Crippen LogP contribution in [0.4, 0.5) is 0 Å². The largest absolute Gasteiger partial charge is 0.493 e. The van der Waals surface area contributed by atoms with Crippen LogP contribution in [0.1, 0.15) is 49.3 Å². The Kier molecular flexibility index (Phi) is 8.99. The van der Waals surface area contributed by atoms with E-state index in [9.17, 15) is 0 Å². The third kappa shape index (κ3) is 6.65. The lowest BCUT2D eigenvalue weighted by Gasteiger charge is -2.14. The lowest BCUT2D eigenvalue weighted by molar-refractivity contribution is 0.284. The SMILES string of the molecule is CCCCCCNCc1cc(OC)c(OCc2ccc(C)cc2)cc1Br. The van der Waals surface area contributed by atoms with Crippen LogP contribution in [0, 0.1) is 6.92 Å². The molecule has 0 spiro atoms. The van der Waals surface area contributed by atoms with Gasteiger partial charge in [-0.3, -0.25) is 0 Å². The van der Waals surface area contributed by atoms with Crippen LogP contribution in [0.15, 0.2) is 40.9 Å². The Morgan fingerprint density at radius 3 is 2.46 bits per heavy atom. The van der Waals surface area contributed by atoms with Crippen LogP contribution in [0.25, 0.3) is 0 Å². The highest BCUT2D eigenvalue weighted by Crippen LogP contribution is 2.34. The van der Waals surface area contributed by atoms with E-state index in [1.54, 1.807) is 7.11 Å². The summed E-state index contributed by atoms with van der Waals surface area (Å²) in [6, 6.07) is 12.4. The molecule has 3 nitrogen and oxygen atoms in total. The number of nitrogens with one attached hydrogen (secondary N) is 1. The van der Waals surface area contributed by atoms with E-state index < -0.39 is 0 Å². The number of methoxy groups -OCH3 is 1. The first-order valence-electron chi connectivity index (χ1n) is 9.39. The second-order valence-corrected chi connectivity index (χ2v) is 7.46. The van der Waals surface area contributed by atoms with Crippen molar-refractivity contribution in [3.63, 3.8) is 0 Å². The number of unbranched alkanes of at least 4 members (excludes halogenated alkanes) is 3. The highest BCUT2D eigenvalue weighted by atomic mass is 79.9. The molecule has 2 aromatic rings. The molecule has 0 aliphatic rings. The fourth-order valence-corrected chi connectivity index (χ4v) is 3.19. The zero-order chi connectivity index (χ0) is 18.8. The molecular weight excluding hydrogens is 390 g/mol. The molecule has 142 valence electrons. The molecule has 26 heavy (non-hydrogen) atoms. The molecule has 0 atom stereocenters. The zero-order valence-corrected chi connectivity index (χ0v) is 17.7. The number of rotatable bonds is 11. The lowest BCUT2D eigenvalue weighted by Crippen LogP contribution is -2.15. The van der Waals surface area contributed by atoms with E-state index in [-0.39, 0.29) is 0 Å². The van der Waals surface area contributed by atoms with E-state index in [2.05, 4.69) is 59.4 Å². The van der Waals surface area contributed by atoms with Gasteiger partial charge in [-0.2, -0.15) is 0 Å². The minimum Gasteiger partial charge on any atom is -0.493 e. The van der Waals surface area contributed by atoms with Crippen molar-refractivity contribution in [1.82, 2.24) is 5.32 Å². The lowest BCUT2D eigenvalue weighted by atomic mass is 10.1. The van der Waals surface area contributed by atoms with Crippen LogP contribution < -0.4 is 14.8 Å². The summed E-state index contributed by atoms with van der Waals surface area (Å²) in [5.74, 6) is 1.52. The molecule has 0 unspecified atom stereocenters. The van der Waals surface area contributed by atoms with Gasteiger partial charge in [0.15, 0.2) is 11.5 Å². The van der Waals surface area contributed by atoms with Crippen molar-refractivity contribution < 1.29 is 9.47 Å². The predicted octanol–water partition coefficient (Wildman–Crippen LogP) is 6.02. The van der Waals surface area contributed by atoms with Crippen molar-refractivity contribution in [2.45, 2.75) is 52.7 Å². The summed E-state index contributed by atoms with van der Waals surface area (Å²) in [6.45, 7) is 6.71. The number of hydrogen-bond acceptors (Lipinski definition) is 3. The fraction of sp³-hybridized carbons (Fsp3) is 0.455.